The lowest BCUT2D eigenvalue weighted by Crippen LogP contribution is -2.34. The van der Waals surface area contributed by atoms with Crippen LogP contribution in [0.25, 0.3) is 0 Å². The molecule has 0 saturated carbocycles. The van der Waals surface area contributed by atoms with Crippen molar-refractivity contribution in [1.29, 1.82) is 5.26 Å². The number of aliphatic hydroxyl groups is 1. The second kappa shape index (κ2) is 4.65. The van der Waals surface area contributed by atoms with Crippen LogP contribution in [0, 0.1) is 11.3 Å². The van der Waals surface area contributed by atoms with E-state index in [1.54, 1.807) is 0 Å². The van der Waals surface area contributed by atoms with Crippen molar-refractivity contribution in [1.82, 2.24) is 0 Å². The Morgan fingerprint density at radius 1 is 1.31 bits per heavy atom. The van der Waals surface area contributed by atoms with E-state index in [2.05, 4.69) is 6.07 Å². The van der Waals surface area contributed by atoms with Crippen molar-refractivity contribution < 1.29 is 9.84 Å². The Morgan fingerprint density at radius 2 is 2.00 bits per heavy atom. The Bertz CT molecular complexity index is 403. The number of nitrogens with zero attached hydrogens (tertiary/aromatic N) is 1. The second-order valence-electron chi connectivity index (χ2n) is 4.14. The van der Waals surface area contributed by atoms with Crippen LogP contribution in [0.5, 0.6) is 0 Å². The van der Waals surface area contributed by atoms with Gasteiger partial charge in [0, 0.05) is 26.1 Å². The highest BCUT2D eigenvalue weighted by atomic mass is 16.5. The maximum atomic E-state index is 10.6. The molecule has 0 radical (unpaired) electrons. The van der Waals surface area contributed by atoms with Gasteiger partial charge in [0.15, 0.2) is 0 Å². The molecule has 1 fully saturated rings. The molecule has 1 aliphatic heterocycles. The third kappa shape index (κ3) is 2.08. The van der Waals surface area contributed by atoms with Crippen molar-refractivity contribution in [3.63, 3.8) is 0 Å². The van der Waals surface area contributed by atoms with Gasteiger partial charge in [-0.05, 0) is 11.1 Å². The minimum absolute atomic E-state index is 0.347. The van der Waals surface area contributed by atoms with Crippen LogP contribution >= 0.6 is 0 Å². The first kappa shape index (κ1) is 11.1. The van der Waals surface area contributed by atoms with E-state index in [1.165, 1.54) is 0 Å². The Balaban J connectivity index is 2.34. The van der Waals surface area contributed by atoms with E-state index in [-0.39, 0.29) is 0 Å². The van der Waals surface area contributed by atoms with Crippen LogP contribution < -0.4 is 0 Å². The van der Waals surface area contributed by atoms with Gasteiger partial charge in [0.1, 0.15) is 0 Å². The molecule has 84 valence electrons. The molecule has 1 aromatic carbocycles. The average molecular weight is 217 g/mol. The summed E-state index contributed by atoms with van der Waals surface area (Å²) in [5.41, 5.74) is 1.00. The zero-order valence-electron chi connectivity index (χ0n) is 9.15. The third-order valence-corrected chi connectivity index (χ3v) is 3.11. The minimum Gasteiger partial charge on any atom is -0.385 e. The largest absolute Gasteiger partial charge is 0.385 e. The number of nitriles is 1. The molecular weight excluding hydrogens is 202 g/mol. The highest BCUT2D eigenvalue weighted by Crippen LogP contribution is 2.34. The van der Waals surface area contributed by atoms with Gasteiger partial charge in [-0.1, -0.05) is 24.3 Å². The highest BCUT2D eigenvalue weighted by Gasteiger charge is 2.33. The topological polar surface area (TPSA) is 53.2 Å². The van der Waals surface area contributed by atoms with Crippen LogP contribution in [0.1, 0.15) is 24.0 Å². The quantitative estimate of drug-likeness (QED) is 0.821. The monoisotopic (exact) mass is 217 g/mol. The molecule has 3 heteroatoms. The summed E-state index contributed by atoms with van der Waals surface area (Å²) in [6.07, 6.45) is 1.56. The van der Waals surface area contributed by atoms with Crippen LogP contribution in [-0.4, -0.2) is 18.3 Å². The first-order valence-corrected chi connectivity index (χ1v) is 5.52. The van der Waals surface area contributed by atoms with E-state index in [9.17, 15) is 5.11 Å². The van der Waals surface area contributed by atoms with Crippen LogP contribution in [0.15, 0.2) is 24.3 Å². The lowest BCUT2D eigenvalue weighted by Gasteiger charge is -2.33. The second-order valence-corrected chi connectivity index (χ2v) is 4.14. The van der Waals surface area contributed by atoms with Gasteiger partial charge in [-0.3, -0.25) is 0 Å². The molecule has 1 aromatic rings. The van der Waals surface area contributed by atoms with E-state index in [0.29, 0.717) is 32.5 Å². The van der Waals surface area contributed by atoms with Gasteiger partial charge in [0.2, 0.25) is 0 Å². The number of benzene rings is 1. The molecule has 3 nitrogen and oxygen atoms in total. The van der Waals surface area contributed by atoms with E-state index < -0.39 is 5.60 Å². The minimum atomic E-state index is -0.814. The number of hydrogen-bond donors (Lipinski definition) is 1. The summed E-state index contributed by atoms with van der Waals surface area (Å²) in [4.78, 5) is 0. The van der Waals surface area contributed by atoms with Gasteiger partial charge in [0.05, 0.1) is 18.1 Å². The zero-order chi connectivity index (χ0) is 11.4. The van der Waals surface area contributed by atoms with Crippen molar-refractivity contribution in [2.45, 2.75) is 24.9 Å². The van der Waals surface area contributed by atoms with E-state index in [0.717, 1.165) is 11.1 Å². The van der Waals surface area contributed by atoms with E-state index >= 15 is 0 Å². The zero-order valence-corrected chi connectivity index (χ0v) is 9.15. The summed E-state index contributed by atoms with van der Waals surface area (Å²) in [6, 6.07) is 9.77. The Kier molecular flexibility index (Phi) is 3.23. The molecule has 1 heterocycles. The van der Waals surface area contributed by atoms with E-state index in [4.69, 9.17) is 10.00 Å². The number of ether oxygens (including phenoxy) is 1. The number of hydrogen-bond acceptors (Lipinski definition) is 3. The smallest absolute Gasteiger partial charge is 0.0943 e. The third-order valence-electron chi connectivity index (χ3n) is 3.11. The van der Waals surface area contributed by atoms with Crippen LogP contribution in [0.2, 0.25) is 0 Å². The van der Waals surface area contributed by atoms with Crippen LogP contribution in [-0.2, 0) is 16.8 Å². The fraction of sp³-hybridized carbons (Fsp3) is 0.462. The summed E-state index contributed by atoms with van der Waals surface area (Å²) in [5, 5.41) is 19.3. The normalized spacial score (nSPS) is 19.0. The molecule has 1 saturated heterocycles. The van der Waals surface area contributed by atoms with Gasteiger partial charge < -0.3 is 9.84 Å². The van der Waals surface area contributed by atoms with Crippen molar-refractivity contribution >= 4 is 0 Å². The van der Waals surface area contributed by atoms with Crippen LogP contribution in [0.3, 0.4) is 0 Å². The number of rotatable bonds is 2. The molecule has 1 aliphatic rings. The van der Waals surface area contributed by atoms with Gasteiger partial charge in [0.25, 0.3) is 0 Å². The average Bonchev–Trinajstić information content (AvgIpc) is 2.31. The first-order chi connectivity index (χ1) is 7.76. The summed E-state index contributed by atoms with van der Waals surface area (Å²) in [6.45, 7) is 1.16. The lowest BCUT2D eigenvalue weighted by atomic mass is 9.83. The van der Waals surface area contributed by atoms with Gasteiger partial charge in [-0.15, -0.1) is 0 Å². The van der Waals surface area contributed by atoms with Crippen molar-refractivity contribution in [3.8, 4) is 6.07 Å². The molecule has 0 atom stereocenters. The first-order valence-electron chi connectivity index (χ1n) is 5.52. The van der Waals surface area contributed by atoms with E-state index in [1.807, 2.05) is 24.3 Å². The lowest BCUT2D eigenvalue weighted by molar-refractivity contribution is -0.0683. The van der Waals surface area contributed by atoms with Crippen LogP contribution in [0.4, 0.5) is 0 Å². The fourth-order valence-electron chi connectivity index (χ4n) is 2.19. The Morgan fingerprint density at radius 3 is 2.69 bits per heavy atom. The predicted octanol–water partition coefficient (Wildman–Crippen LogP) is 1.75. The van der Waals surface area contributed by atoms with Gasteiger partial charge >= 0.3 is 0 Å². The molecule has 2 rings (SSSR count). The van der Waals surface area contributed by atoms with Gasteiger partial charge in [-0.2, -0.15) is 5.26 Å². The molecule has 0 amide bonds. The summed E-state index contributed by atoms with van der Waals surface area (Å²) in [7, 11) is 0. The molecule has 16 heavy (non-hydrogen) atoms. The SMILES string of the molecule is N#CCc1ccccc1C1(O)CCOCC1. The van der Waals surface area contributed by atoms with Gasteiger partial charge in [-0.25, -0.2) is 0 Å². The predicted molar refractivity (Wildman–Crippen MR) is 59.7 cm³/mol. The summed E-state index contributed by atoms with van der Waals surface area (Å²) >= 11 is 0. The Labute approximate surface area is 95.3 Å². The molecule has 0 spiro atoms. The molecule has 1 N–H and O–H groups in total. The Hall–Kier alpha value is -1.37. The maximum absolute atomic E-state index is 10.6. The molecule has 0 aliphatic carbocycles. The molecular formula is C13H15NO2. The molecule has 0 unspecified atom stereocenters. The molecule has 0 bridgehead atoms. The standard InChI is InChI=1S/C13H15NO2/c14-8-5-11-3-1-2-4-12(11)13(15)6-9-16-10-7-13/h1-4,15H,5-7,9-10H2. The highest BCUT2D eigenvalue weighted by molar-refractivity contribution is 5.34. The molecule has 0 aromatic heterocycles. The maximum Gasteiger partial charge on any atom is 0.0943 e. The summed E-state index contributed by atoms with van der Waals surface area (Å²) in [5.74, 6) is 0. The van der Waals surface area contributed by atoms with Crippen molar-refractivity contribution in [3.05, 3.63) is 35.4 Å². The summed E-state index contributed by atoms with van der Waals surface area (Å²) < 4.78 is 5.26. The van der Waals surface area contributed by atoms with Crippen molar-refractivity contribution in [2.24, 2.45) is 0 Å². The fourth-order valence-corrected chi connectivity index (χ4v) is 2.19. The van der Waals surface area contributed by atoms with Crippen molar-refractivity contribution in [2.75, 3.05) is 13.2 Å².